The van der Waals surface area contributed by atoms with Crippen LogP contribution in [0, 0.1) is 0 Å². The maximum absolute atomic E-state index is 11.7. The minimum Gasteiger partial charge on any atom is -0.322 e. The second-order valence-corrected chi connectivity index (χ2v) is 3.49. The van der Waals surface area contributed by atoms with Gasteiger partial charge in [0.25, 0.3) is 5.56 Å². The molecule has 0 saturated heterocycles. The number of aromatic amines is 1. The summed E-state index contributed by atoms with van der Waals surface area (Å²) in [4.78, 5) is 22.2. The molecule has 0 aliphatic heterocycles. The molecule has 0 amide bonds. The summed E-state index contributed by atoms with van der Waals surface area (Å²) in [5.74, 6) is 0.287. The van der Waals surface area contributed by atoms with Crippen LogP contribution in [0.5, 0.6) is 0 Å². The lowest BCUT2D eigenvalue weighted by molar-refractivity contribution is 0.645. The van der Waals surface area contributed by atoms with Crippen molar-refractivity contribution < 1.29 is 0 Å². The zero-order valence-corrected chi connectivity index (χ0v) is 9.29. The summed E-state index contributed by atoms with van der Waals surface area (Å²) in [5, 5.41) is 7.73. The van der Waals surface area contributed by atoms with Gasteiger partial charge >= 0.3 is 0 Å². The molecule has 17 heavy (non-hydrogen) atoms. The van der Waals surface area contributed by atoms with Crippen LogP contribution in [-0.4, -0.2) is 25.1 Å². The Kier molecular flexibility index (Phi) is 3.20. The number of rotatable bonds is 3. The van der Waals surface area contributed by atoms with Gasteiger partial charge in [-0.05, 0) is 6.42 Å². The summed E-state index contributed by atoms with van der Waals surface area (Å²) in [7, 11) is 0. The molecule has 2 rings (SSSR count). The second-order valence-electron chi connectivity index (χ2n) is 3.49. The van der Waals surface area contributed by atoms with Crippen molar-refractivity contribution in [2.24, 2.45) is 5.73 Å². The first-order valence-electron chi connectivity index (χ1n) is 5.21. The monoisotopic (exact) mass is 232 g/mol. The Hall–Kier alpha value is -2.15. The highest BCUT2D eigenvalue weighted by molar-refractivity contribution is 5.45. The van der Waals surface area contributed by atoms with E-state index in [-0.39, 0.29) is 17.1 Å². The van der Waals surface area contributed by atoms with Crippen molar-refractivity contribution >= 4 is 0 Å². The van der Waals surface area contributed by atoms with Crippen molar-refractivity contribution in [3.05, 3.63) is 34.6 Å². The Morgan fingerprint density at radius 1 is 1.41 bits per heavy atom. The van der Waals surface area contributed by atoms with Crippen molar-refractivity contribution in [1.29, 1.82) is 0 Å². The highest BCUT2D eigenvalue weighted by Crippen LogP contribution is 2.08. The summed E-state index contributed by atoms with van der Waals surface area (Å²) in [6, 6.07) is -0.401. The van der Waals surface area contributed by atoms with Gasteiger partial charge in [-0.15, -0.1) is 10.2 Å². The predicted molar refractivity (Wildman–Crippen MR) is 60.9 cm³/mol. The van der Waals surface area contributed by atoms with Gasteiger partial charge in [0, 0.05) is 12.4 Å². The van der Waals surface area contributed by atoms with Crippen LogP contribution in [0.4, 0.5) is 0 Å². The van der Waals surface area contributed by atoms with E-state index in [1.54, 1.807) is 0 Å². The van der Waals surface area contributed by atoms with Gasteiger partial charge in [0.2, 0.25) is 0 Å². The molecule has 0 saturated carbocycles. The SMILES string of the molecule is CCC(N)c1nnc(-c2cnccn2)[nH]c1=O. The molecule has 1 atom stereocenters. The van der Waals surface area contributed by atoms with E-state index in [0.29, 0.717) is 12.1 Å². The zero-order valence-electron chi connectivity index (χ0n) is 9.29. The number of hydrogen-bond donors (Lipinski definition) is 2. The van der Waals surface area contributed by atoms with Crippen molar-refractivity contribution in [2.75, 3.05) is 0 Å². The van der Waals surface area contributed by atoms with Crippen LogP contribution >= 0.6 is 0 Å². The van der Waals surface area contributed by atoms with Gasteiger partial charge in [0.15, 0.2) is 5.82 Å². The first-order chi connectivity index (χ1) is 8.22. The van der Waals surface area contributed by atoms with E-state index in [2.05, 4.69) is 25.1 Å². The molecule has 2 heterocycles. The number of nitrogens with two attached hydrogens (primary N) is 1. The van der Waals surface area contributed by atoms with E-state index in [9.17, 15) is 4.79 Å². The summed E-state index contributed by atoms with van der Waals surface area (Å²) < 4.78 is 0. The van der Waals surface area contributed by atoms with Crippen LogP contribution in [0.2, 0.25) is 0 Å². The lowest BCUT2D eigenvalue weighted by Crippen LogP contribution is -2.25. The van der Waals surface area contributed by atoms with Crippen molar-refractivity contribution in [3.8, 4) is 11.5 Å². The topological polar surface area (TPSA) is 110 Å². The van der Waals surface area contributed by atoms with E-state index in [4.69, 9.17) is 5.73 Å². The quantitative estimate of drug-likeness (QED) is 0.772. The van der Waals surface area contributed by atoms with Gasteiger partial charge in [-0.25, -0.2) is 4.98 Å². The maximum atomic E-state index is 11.7. The third-order valence-corrected chi connectivity index (χ3v) is 2.32. The Bertz CT molecular complexity index is 552. The van der Waals surface area contributed by atoms with Crippen molar-refractivity contribution in [2.45, 2.75) is 19.4 Å². The molecule has 0 aromatic carbocycles. The Balaban J connectivity index is 2.42. The molecule has 2 aromatic rings. The normalized spacial score (nSPS) is 12.4. The first-order valence-corrected chi connectivity index (χ1v) is 5.21. The minimum atomic E-state index is -0.401. The molecule has 1 unspecified atom stereocenters. The molecule has 0 aliphatic rings. The Morgan fingerprint density at radius 2 is 2.24 bits per heavy atom. The summed E-state index contributed by atoms with van der Waals surface area (Å²) in [6.45, 7) is 1.88. The van der Waals surface area contributed by atoms with Gasteiger partial charge in [0.1, 0.15) is 11.4 Å². The minimum absolute atomic E-state index is 0.236. The van der Waals surface area contributed by atoms with E-state index >= 15 is 0 Å². The van der Waals surface area contributed by atoms with Crippen LogP contribution in [0.15, 0.2) is 23.4 Å². The highest BCUT2D eigenvalue weighted by Gasteiger charge is 2.12. The van der Waals surface area contributed by atoms with Crippen molar-refractivity contribution in [3.63, 3.8) is 0 Å². The van der Waals surface area contributed by atoms with Gasteiger partial charge in [-0.3, -0.25) is 9.78 Å². The summed E-state index contributed by atoms with van der Waals surface area (Å²) in [5.41, 5.74) is 6.10. The zero-order chi connectivity index (χ0) is 12.3. The van der Waals surface area contributed by atoms with Crippen LogP contribution < -0.4 is 11.3 Å². The third-order valence-electron chi connectivity index (χ3n) is 2.32. The van der Waals surface area contributed by atoms with Gasteiger partial charge in [0.05, 0.1) is 12.2 Å². The smallest absolute Gasteiger partial charge is 0.274 e. The molecule has 0 bridgehead atoms. The predicted octanol–water partition coefficient (Wildman–Crippen LogP) is 0.0317. The second kappa shape index (κ2) is 4.79. The molecule has 3 N–H and O–H groups in total. The average Bonchev–Trinajstić information content (AvgIpc) is 2.39. The van der Waals surface area contributed by atoms with Crippen LogP contribution in [0.1, 0.15) is 25.1 Å². The summed E-state index contributed by atoms with van der Waals surface area (Å²) >= 11 is 0. The fraction of sp³-hybridized carbons (Fsp3) is 0.300. The highest BCUT2D eigenvalue weighted by atomic mass is 16.1. The fourth-order valence-electron chi connectivity index (χ4n) is 1.32. The average molecular weight is 232 g/mol. The largest absolute Gasteiger partial charge is 0.322 e. The van der Waals surface area contributed by atoms with Crippen LogP contribution in [0.25, 0.3) is 11.5 Å². The number of H-pyrrole nitrogens is 1. The third kappa shape index (κ3) is 2.34. The first kappa shape index (κ1) is 11.3. The van der Waals surface area contributed by atoms with Gasteiger partial charge in [-0.2, -0.15) is 0 Å². The fourth-order valence-corrected chi connectivity index (χ4v) is 1.32. The number of nitrogens with zero attached hydrogens (tertiary/aromatic N) is 4. The van der Waals surface area contributed by atoms with Crippen LogP contribution in [-0.2, 0) is 0 Å². The molecule has 0 fully saturated rings. The van der Waals surface area contributed by atoms with E-state index in [1.165, 1.54) is 18.6 Å². The Labute approximate surface area is 97.2 Å². The van der Waals surface area contributed by atoms with Gasteiger partial charge in [-0.1, -0.05) is 6.92 Å². The number of nitrogens with one attached hydrogen (secondary N) is 1. The van der Waals surface area contributed by atoms with Crippen molar-refractivity contribution in [1.82, 2.24) is 25.1 Å². The van der Waals surface area contributed by atoms with E-state index in [0.717, 1.165) is 0 Å². The van der Waals surface area contributed by atoms with E-state index in [1.807, 2.05) is 6.92 Å². The molecule has 2 aromatic heterocycles. The standard InChI is InChI=1S/C10H12N6O/c1-2-6(11)8-10(17)14-9(16-15-8)7-5-12-3-4-13-7/h3-6H,2,11H2,1H3,(H,14,16,17). The van der Waals surface area contributed by atoms with E-state index < -0.39 is 6.04 Å². The molecule has 0 aliphatic carbocycles. The molecule has 7 heteroatoms. The van der Waals surface area contributed by atoms with Gasteiger partial charge < -0.3 is 10.7 Å². The number of hydrogen-bond acceptors (Lipinski definition) is 6. The lowest BCUT2D eigenvalue weighted by atomic mass is 10.2. The Morgan fingerprint density at radius 3 is 2.82 bits per heavy atom. The molecular weight excluding hydrogens is 220 g/mol. The molecule has 7 nitrogen and oxygen atoms in total. The number of aromatic nitrogens is 5. The van der Waals surface area contributed by atoms with Crippen LogP contribution in [0.3, 0.4) is 0 Å². The molecule has 0 radical (unpaired) electrons. The lowest BCUT2D eigenvalue weighted by Gasteiger charge is -2.06. The maximum Gasteiger partial charge on any atom is 0.274 e. The molecular formula is C10H12N6O. The molecule has 88 valence electrons. The molecule has 0 spiro atoms. The summed E-state index contributed by atoms with van der Waals surface area (Å²) in [6.07, 6.45) is 5.18.